The maximum atomic E-state index is 11.1. The maximum Gasteiger partial charge on any atom is 0.406 e. The Morgan fingerprint density at radius 2 is 2.41 bits per heavy atom. The standard InChI is InChI=1S/C9H12N4O4/c1-11-5-10-7(13(16)17)8(11)12-4-2-3-6(12)9(14)15/h5-6H,2-4H2,1H3,(H,14,15)/t6-/m0/s1. The fraction of sp³-hybridized carbons (Fsp3) is 0.556. The van der Waals surface area contributed by atoms with Gasteiger partial charge in [0.1, 0.15) is 6.04 Å². The number of hydrogen-bond acceptors (Lipinski definition) is 5. The second-order valence-electron chi connectivity index (χ2n) is 3.95. The van der Waals surface area contributed by atoms with Crippen molar-refractivity contribution in [2.75, 3.05) is 11.4 Å². The summed E-state index contributed by atoms with van der Waals surface area (Å²) in [6, 6.07) is -0.705. The molecule has 2 heterocycles. The van der Waals surface area contributed by atoms with E-state index in [2.05, 4.69) is 4.98 Å². The van der Waals surface area contributed by atoms with Gasteiger partial charge in [0.25, 0.3) is 0 Å². The Labute approximate surface area is 96.6 Å². The third-order valence-electron chi connectivity index (χ3n) is 2.87. The first kappa shape index (κ1) is 11.4. The molecular formula is C9H12N4O4. The van der Waals surface area contributed by atoms with Crippen molar-refractivity contribution < 1.29 is 14.8 Å². The number of carboxylic acid groups (broad SMARTS) is 1. The molecule has 17 heavy (non-hydrogen) atoms. The van der Waals surface area contributed by atoms with Crippen LogP contribution in [0.1, 0.15) is 12.8 Å². The molecular weight excluding hydrogens is 228 g/mol. The Hall–Kier alpha value is -2.12. The summed E-state index contributed by atoms with van der Waals surface area (Å²) >= 11 is 0. The van der Waals surface area contributed by atoms with Crippen molar-refractivity contribution in [1.82, 2.24) is 9.55 Å². The van der Waals surface area contributed by atoms with Crippen LogP contribution in [0, 0.1) is 10.1 Å². The predicted molar refractivity (Wildman–Crippen MR) is 57.9 cm³/mol. The Morgan fingerprint density at radius 1 is 1.71 bits per heavy atom. The largest absolute Gasteiger partial charge is 0.480 e. The van der Waals surface area contributed by atoms with Gasteiger partial charge >= 0.3 is 11.8 Å². The van der Waals surface area contributed by atoms with E-state index >= 15 is 0 Å². The minimum absolute atomic E-state index is 0.264. The summed E-state index contributed by atoms with van der Waals surface area (Å²) in [5.74, 6) is -0.987. The SMILES string of the molecule is Cn1cnc([N+](=O)[O-])c1N1CCC[C@H]1C(=O)O. The summed E-state index contributed by atoms with van der Waals surface area (Å²) in [4.78, 5) is 26.5. The summed E-state index contributed by atoms with van der Waals surface area (Å²) in [6.45, 7) is 0.497. The molecule has 1 fully saturated rings. The first-order valence-electron chi connectivity index (χ1n) is 5.17. The van der Waals surface area contributed by atoms with E-state index in [0.29, 0.717) is 19.4 Å². The average Bonchev–Trinajstić information content (AvgIpc) is 2.82. The van der Waals surface area contributed by atoms with Gasteiger partial charge in [0.15, 0.2) is 0 Å². The van der Waals surface area contributed by atoms with Crippen molar-refractivity contribution in [3.8, 4) is 0 Å². The minimum Gasteiger partial charge on any atom is -0.480 e. The van der Waals surface area contributed by atoms with E-state index in [-0.39, 0.29) is 11.6 Å². The highest BCUT2D eigenvalue weighted by Crippen LogP contribution is 2.32. The van der Waals surface area contributed by atoms with E-state index in [1.165, 1.54) is 15.8 Å². The van der Waals surface area contributed by atoms with Crippen molar-refractivity contribution >= 4 is 17.6 Å². The molecule has 1 aliphatic rings. The van der Waals surface area contributed by atoms with E-state index in [4.69, 9.17) is 5.11 Å². The number of nitro groups is 1. The van der Waals surface area contributed by atoms with Gasteiger partial charge < -0.3 is 20.1 Å². The van der Waals surface area contributed by atoms with Gasteiger partial charge in [-0.05, 0) is 22.7 Å². The van der Waals surface area contributed by atoms with Crippen LogP contribution in [0.2, 0.25) is 0 Å². The highest BCUT2D eigenvalue weighted by molar-refractivity contribution is 5.79. The number of aromatic nitrogens is 2. The summed E-state index contributed by atoms with van der Waals surface area (Å²) in [5, 5.41) is 19.9. The molecule has 0 spiro atoms. The molecule has 0 amide bonds. The van der Waals surface area contributed by atoms with Crippen molar-refractivity contribution in [3.63, 3.8) is 0 Å². The molecule has 1 N–H and O–H groups in total. The Bertz CT molecular complexity index is 470. The number of anilines is 1. The van der Waals surface area contributed by atoms with Gasteiger partial charge in [0, 0.05) is 13.6 Å². The molecule has 1 atom stereocenters. The van der Waals surface area contributed by atoms with Crippen LogP contribution in [0.25, 0.3) is 0 Å². The lowest BCUT2D eigenvalue weighted by molar-refractivity contribution is -0.388. The molecule has 92 valence electrons. The lowest BCUT2D eigenvalue weighted by Gasteiger charge is -2.22. The monoisotopic (exact) mass is 240 g/mol. The number of nitrogens with zero attached hydrogens (tertiary/aromatic N) is 4. The number of hydrogen-bond donors (Lipinski definition) is 1. The Morgan fingerprint density at radius 3 is 3.00 bits per heavy atom. The molecule has 2 rings (SSSR count). The zero-order valence-corrected chi connectivity index (χ0v) is 9.24. The van der Waals surface area contributed by atoms with Crippen LogP contribution in [0.4, 0.5) is 11.6 Å². The molecule has 0 saturated carbocycles. The molecule has 1 saturated heterocycles. The number of aliphatic carboxylic acids is 1. The van der Waals surface area contributed by atoms with Crippen LogP contribution in [0.3, 0.4) is 0 Å². The van der Waals surface area contributed by atoms with Crippen LogP contribution in [0.5, 0.6) is 0 Å². The molecule has 0 bridgehead atoms. The molecule has 1 aliphatic heterocycles. The number of rotatable bonds is 3. The van der Waals surface area contributed by atoms with Crippen LogP contribution < -0.4 is 4.90 Å². The van der Waals surface area contributed by atoms with Crippen LogP contribution in [0.15, 0.2) is 6.33 Å². The molecule has 1 aromatic heterocycles. The predicted octanol–water partition coefficient (Wildman–Crippen LogP) is 0.382. The van der Waals surface area contributed by atoms with Gasteiger partial charge in [-0.1, -0.05) is 0 Å². The van der Waals surface area contributed by atoms with Crippen molar-refractivity contribution in [3.05, 3.63) is 16.4 Å². The second kappa shape index (κ2) is 4.04. The van der Waals surface area contributed by atoms with E-state index in [1.54, 1.807) is 7.05 Å². The molecule has 8 heteroatoms. The van der Waals surface area contributed by atoms with E-state index in [0.717, 1.165) is 0 Å². The Kier molecular flexibility index (Phi) is 2.70. The molecule has 0 aliphatic carbocycles. The fourth-order valence-corrected chi connectivity index (χ4v) is 2.15. The van der Waals surface area contributed by atoms with E-state index in [9.17, 15) is 14.9 Å². The quantitative estimate of drug-likeness (QED) is 0.605. The van der Waals surface area contributed by atoms with Crippen LogP contribution in [-0.2, 0) is 11.8 Å². The summed E-state index contributed by atoms with van der Waals surface area (Å²) in [5.41, 5.74) is 0. The van der Waals surface area contributed by atoms with Gasteiger partial charge in [0.05, 0.1) is 0 Å². The van der Waals surface area contributed by atoms with Crippen molar-refractivity contribution in [1.29, 1.82) is 0 Å². The number of aryl methyl sites for hydroxylation is 1. The second-order valence-corrected chi connectivity index (χ2v) is 3.95. The minimum atomic E-state index is -0.960. The van der Waals surface area contributed by atoms with Gasteiger partial charge in [-0.15, -0.1) is 0 Å². The number of carboxylic acids is 1. The highest BCUT2D eigenvalue weighted by Gasteiger charge is 2.37. The lowest BCUT2D eigenvalue weighted by atomic mass is 10.2. The zero-order valence-electron chi connectivity index (χ0n) is 9.24. The number of imidazole rings is 1. The average molecular weight is 240 g/mol. The van der Waals surface area contributed by atoms with Crippen molar-refractivity contribution in [2.45, 2.75) is 18.9 Å². The fourth-order valence-electron chi connectivity index (χ4n) is 2.15. The van der Waals surface area contributed by atoms with Gasteiger partial charge in [-0.2, -0.15) is 0 Å². The summed E-state index contributed by atoms with van der Waals surface area (Å²) in [7, 11) is 1.62. The summed E-state index contributed by atoms with van der Waals surface area (Å²) in [6.07, 6.45) is 2.53. The van der Waals surface area contributed by atoms with Gasteiger partial charge in [-0.25, -0.2) is 4.79 Å². The molecule has 0 unspecified atom stereocenters. The first-order valence-corrected chi connectivity index (χ1v) is 5.17. The third-order valence-corrected chi connectivity index (χ3v) is 2.87. The zero-order chi connectivity index (χ0) is 12.6. The van der Waals surface area contributed by atoms with Crippen molar-refractivity contribution in [2.24, 2.45) is 7.05 Å². The Balaban J connectivity index is 2.42. The van der Waals surface area contributed by atoms with Gasteiger partial charge in [0.2, 0.25) is 12.1 Å². The highest BCUT2D eigenvalue weighted by atomic mass is 16.6. The smallest absolute Gasteiger partial charge is 0.406 e. The maximum absolute atomic E-state index is 11.1. The topological polar surface area (TPSA) is 101 Å². The van der Waals surface area contributed by atoms with Crippen LogP contribution in [-0.4, -0.2) is 38.1 Å². The van der Waals surface area contributed by atoms with E-state index in [1.807, 2.05) is 0 Å². The normalized spacial score (nSPS) is 19.6. The van der Waals surface area contributed by atoms with Gasteiger partial charge in [-0.3, -0.25) is 4.57 Å². The molecule has 0 radical (unpaired) electrons. The summed E-state index contributed by atoms with van der Waals surface area (Å²) < 4.78 is 1.49. The lowest BCUT2D eigenvalue weighted by Crippen LogP contribution is -2.37. The molecule has 0 aromatic carbocycles. The van der Waals surface area contributed by atoms with E-state index < -0.39 is 16.9 Å². The third kappa shape index (κ3) is 1.81. The number of carbonyl (C=O) groups is 1. The molecule has 1 aromatic rings. The first-order chi connectivity index (χ1) is 8.02. The molecule has 8 nitrogen and oxygen atoms in total. The van der Waals surface area contributed by atoms with Crippen LogP contribution >= 0.6 is 0 Å².